The van der Waals surface area contributed by atoms with Crippen molar-refractivity contribution in [1.82, 2.24) is 4.98 Å². The van der Waals surface area contributed by atoms with Gasteiger partial charge in [0.1, 0.15) is 0 Å². The van der Waals surface area contributed by atoms with Crippen molar-refractivity contribution in [2.45, 2.75) is 12.8 Å². The highest BCUT2D eigenvalue weighted by Crippen LogP contribution is 2.08. The number of methoxy groups -OCH3 is 1. The number of hydrogen-bond acceptors (Lipinski definition) is 3. The first-order chi connectivity index (χ1) is 6.22. The Morgan fingerprint density at radius 1 is 1.62 bits per heavy atom. The van der Waals surface area contributed by atoms with Crippen LogP contribution in [0.2, 0.25) is 0 Å². The molecule has 0 aliphatic carbocycles. The summed E-state index contributed by atoms with van der Waals surface area (Å²) in [4.78, 5) is 14.9. The summed E-state index contributed by atoms with van der Waals surface area (Å²) in [7, 11) is 1.39. The molecular formula is C9H10BrNO2. The molecule has 70 valence electrons. The van der Waals surface area contributed by atoms with Gasteiger partial charge < -0.3 is 4.74 Å². The third-order valence-corrected chi connectivity index (χ3v) is 2.07. The number of halogens is 1. The number of aryl methyl sites for hydroxylation is 1. The van der Waals surface area contributed by atoms with Crippen LogP contribution < -0.4 is 0 Å². The summed E-state index contributed by atoms with van der Waals surface area (Å²) in [6, 6.07) is 3.78. The first-order valence-corrected chi connectivity index (χ1v) is 4.69. The minimum absolute atomic E-state index is 0.204. The Balaban J connectivity index is 2.46. The molecule has 0 N–H and O–H groups in total. The van der Waals surface area contributed by atoms with E-state index in [2.05, 4.69) is 25.7 Å². The van der Waals surface area contributed by atoms with Gasteiger partial charge in [0.15, 0.2) is 0 Å². The molecule has 1 rings (SSSR count). The molecule has 0 fully saturated rings. The molecule has 0 aliphatic heterocycles. The van der Waals surface area contributed by atoms with E-state index >= 15 is 0 Å². The fraction of sp³-hybridized carbons (Fsp3) is 0.333. The number of rotatable bonds is 3. The monoisotopic (exact) mass is 243 g/mol. The first-order valence-electron chi connectivity index (χ1n) is 3.89. The van der Waals surface area contributed by atoms with E-state index in [1.54, 1.807) is 6.20 Å². The topological polar surface area (TPSA) is 39.2 Å². The molecule has 0 spiro atoms. The number of carbonyl (C=O) groups is 1. The molecule has 1 heterocycles. The zero-order valence-electron chi connectivity index (χ0n) is 7.29. The van der Waals surface area contributed by atoms with E-state index in [1.807, 2.05) is 12.1 Å². The van der Waals surface area contributed by atoms with Crippen LogP contribution >= 0.6 is 15.9 Å². The first kappa shape index (κ1) is 10.2. The van der Waals surface area contributed by atoms with Crippen LogP contribution in [0, 0.1) is 0 Å². The van der Waals surface area contributed by atoms with Gasteiger partial charge in [0.05, 0.1) is 13.5 Å². The lowest BCUT2D eigenvalue weighted by Gasteiger charge is -1.99. The second-order valence-electron chi connectivity index (χ2n) is 2.54. The summed E-state index contributed by atoms with van der Waals surface area (Å²) in [6.45, 7) is 0. The van der Waals surface area contributed by atoms with Crippen molar-refractivity contribution < 1.29 is 9.53 Å². The van der Waals surface area contributed by atoms with E-state index in [1.165, 1.54) is 7.11 Å². The molecule has 0 unspecified atom stereocenters. The van der Waals surface area contributed by atoms with Gasteiger partial charge in [0.2, 0.25) is 0 Å². The molecular weight excluding hydrogens is 234 g/mol. The van der Waals surface area contributed by atoms with Gasteiger partial charge in [-0.2, -0.15) is 0 Å². The van der Waals surface area contributed by atoms with E-state index in [0.717, 1.165) is 10.2 Å². The van der Waals surface area contributed by atoms with Crippen molar-refractivity contribution in [2.24, 2.45) is 0 Å². The van der Waals surface area contributed by atoms with E-state index in [9.17, 15) is 4.79 Å². The Morgan fingerprint density at radius 2 is 2.38 bits per heavy atom. The maximum atomic E-state index is 10.8. The lowest BCUT2D eigenvalue weighted by atomic mass is 10.2. The molecule has 0 saturated heterocycles. The molecule has 13 heavy (non-hydrogen) atoms. The zero-order chi connectivity index (χ0) is 9.68. The van der Waals surface area contributed by atoms with Crippen molar-refractivity contribution in [3.05, 3.63) is 28.5 Å². The number of pyridine rings is 1. The quantitative estimate of drug-likeness (QED) is 0.763. The predicted octanol–water partition coefficient (Wildman–Crippen LogP) is 1.95. The number of nitrogens with zero attached hydrogens (tertiary/aromatic N) is 1. The summed E-state index contributed by atoms with van der Waals surface area (Å²) in [5.74, 6) is -0.204. The highest BCUT2D eigenvalue weighted by Gasteiger charge is 2.01. The Morgan fingerprint density at radius 3 is 2.92 bits per heavy atom. The van der Waals surface area contributed by atoms with Gasteiger partial charge in [-0.25, -0.2) is 0 Å². The summed E-state index contributed by atoms with van der Waals surface area (Å²) < 4.78 is 5.46. The second kappa shape index (κ2) is 4.97. The van der Waals surface area contributed by atoms with Crippen LogP contribution in [0.5, 0.6) is 0 Å². The minimum atomic E-state index is -0.204. The van der Waals surface area contributed by atoms with Gasteiger partial charge in [-0.15, -0.1) is 0 Å². The average molecular weight is 244 g/mol. The summed E-state index contributed by atoms with van der Waals surface area (Å²) in [5.41, 5.74) is 0.897. The zero-order valence-corrected chi connectivity index (χ0v) is 8.87. The fourth-order valence-corrected chi connectivity index (χ4v) is 1.12. The van der Waals surface area contributed by atoms with Crippen molar-refractivity contribution in [3.63, 3.8) is 0 Å². The molecule has 4 heteroatoms. The molecule has 0 saturated carbocycles. The van der Waals surface area contributed by atoms with Gasteiger partial charge in [0, 0.05) is 22.8 Å². The fourth-order valence-electron chi connectivity index (χ4n) is 0.887. The van der Waals surface area contributed by atoms with Crippen molar-refractivity contribution in [1.29, 1.82) is 0 Å². The van der Waals surface area contributed by atoms with Crippen molar-refractivity contribution >= 4 is 21.9 Å². The number of ether oxygens (including phenoxy) is 1. The maximum Gasteiger partial charge on any atom is 0.305 e. The molecule has 1 aromatic heterocycles. The molecule has 0 aliphatic rings. The summed E-state index contributed by atoms with van der Waals surface area (Å²) in [5, 5.41) is 0. The van der Waals surface area contributed by atoms with Crippen molar-refractivity contribution in [3.8, 4) is 0 Å². The Kier molecular flexibility index (Phi) is 3.89. The van der Waals surface area contributed by atoms with E-state index in [-0.39, 0.29) is 5.97 Å². The Hall–Kier alpha value is -0.900. The third kappa shape index (κ3) is 3.55. The standard InChI is InChI=1S/C9H10BrNO2/c1-13-9(12)5-4-8-3-2-7(10)6-11-8/h2-3,6H,4-5H2,1H3. The molecule has 0 atom stereocenters. The molecule has 3 nitrogen and oxygen atoms in total. The smallest absolute Gasteiger partial charge is 0.305 e. The summed E-state index contributed by atoms with van der Waals surface area (Å²) >= 11 is 3.29. The van der Waals surface area contributed by atoms with Crippen LogP contribution in [-0.4, -0.2) is 18.1 Å². The maximum absolute atomic E-state index is 10.8. The van der Waals surface area contributed by atoms with Gasteiger partial charge >= 0.3 is 5.97 Å². The minimum Gasteiger partial charge on any atom is -0.469 e. The Labute approximate surface area is 85.3 Å². The number of hydrogen-bond donors (Lipinski definition) is 0. The van der Waals surface area contributed by atoms with E-state index in [0.29, 0.717) is 12.8 Å². The van der Waals surface area contributed by atoms with E-state index < -0.39 is 0 Å². The SMILES string of the molecule is COC(=O)CCc1ccc(Br)cn1. The number of aromatic nitrogens is 1. The van der Waals surface area contributed by atoms with Crippen LogP contribution in [0.25, 0.3) is 0 Å². The highest BCUT2D eigenvalue weighted by atomic mass is 79.9. The van der Waals surface area contributed by atoms with Crippen molar-refractivity contribution in [2.75, 3.05) is 7.11 Å². The van der Waals surface area contributed by atoms with Crippen LogP contribution in [0.15, 0.2) is 22.8 Å². The second-order valence-corrected chi connectivity index (χ2v) is 3.46. The van der Waals surface area contributed by atoms with Crippen LogP contribution in [0.4, 0.5) is 0 Å². The lowest BCUT2D eigenvalue weighted by Crippen LogP contribution is -2.02. The van der Waals surface area contributed by atoms with Gasteiger partial charge in [-0.3, -0.25) is 9.78 Å². The molecule has 0 amide bonds. The normalized spacial score (nSPS) is 9.69. The van der Waals surface area contributed by atoms with Gasteiger partial charge in [-0.05, 0) is 28.1 Å². The predicted molar refractivity (Wildman–Crippen MR) is 52.3 cm³/mol. The summed E-state index contributed by atoms with van der Waals surface area (Å²) in [6.07, 6.45) is 2.72. The molecule has 1 aromatic rings. The average Bonchev–Trinajstić information content (AvgIpc) is 2.16. The number of carbonyl (C=O) groups excluding carboxylic acids is 1. The van der Waals surface area contributed by atoms with Gasteiger partial charge in [-0.1, -0.05) is 0 Å². The number of esters is 1. The third-order valence-electron chi connectivity index (χ3n) is 1.60. The van der Waals surface area contributed by atoms with E-state index in [4.69, 9.17) is 0 Å². The molecule has 0 radical (unpaired) electrons. The van der Waals surface area contributed by atoms with Gasteiger partial charge in [0.25, 0.3) is 0 Å². The largest absolute Gasteiger partial charge is 0.469 e. The highest BCUT2D eigenvalue weighted by molar-refractivity contribution is 9.10. The Bertz CT molecular complexity index is 284. The van der Waals surface area contributed by atoms with Crippen LogP contribution in [0.1, 0.15) is 12.1 Å². The van der Waals surface area contributed by atoms with Crippen LogP contribution in [0.3, 0.4) is 0 Å². The molecule has 0 bridgehead atoms. The lowest BCUT2D eigenvalue weighted by molar-refractivity contribution is -0.140. The van der Waals surface area contributed by atoms with Crippen LogP contribution in [-0.2, 0) is 16.0 Å². The molecule has 0 aromatic carbocycles.